The van der Waals surface area contributed by atoms with E-state index in [4.69, 9.17) is 17.3 Å². The van der Waals surface area contributed by atoms with Gasteiger partial charge in [0.1, 0.15) is 0 Å². The predicted molar refractivity (Wildman–Crippen MR) is 64.9 cm³/mol. The SMILES string of the molecule is C#CC1C=CC(N)=C(CCO)C=C1.CC. The van der Waals surface area contributed by atoms with E-state index in [1.807, 2.05) is 32.1 Å². The van der Waals surface area contributed by atoms with Crippen LogP contribution in [0.3, 0.4) is 0 Å². The summed E-state index contributed by atoms with van der Waals surface area (Å²) in [4.78, 5) is 0. The number of terminal acetylenes is 1. The van der Waals surface area contributed by atoms with Gasteiger partial charge >= 0.3 is 0 Å². The number of allylic oxidation sites excluding steroid dienone is 4. The summed E-state index contributed by atoms with van der Waals surface area (Å²) in [5.74, 6) is 2.62. The predicted octanol–water partition coefficient (Wildman–Crippen LogP) is 1.98. The smallest absolute Gasteiger partial charge is 0.0567 e. The van der Waals surface area contributed by atoms with E-state index in [0.717, 1.165) is 5.57 Å². The van der Waals surface area contributed by atoms with E-state index in [0.29, 0.717) is 12.1 Å². The van der Waals surface area contributed by atoms with Gasteiger partial charge in [-0.1, -0.05) is 38.0 Å². The molecular weight excluding hydrogens is 186 g/mol. The summed E-state index contributed by atoms with van der Waals surface area (Å²) in [5.41, 5.74) is 7.37. The van der Waals surface area contributed by atoms with E-state index in [-0.39, 0.29) is 12.5 Å². The van der Waals surface area contributed by atoms with Crippen LogP contribution in [0.15, 0.2) is 35.6 Å². The minimum Gasteiger partial charge on any atom is -0.399 e. The highest BCUT2D eigenvalue weighted by Crippen LogP contribution is 2.14. The van der Waals surface area contributed by atoms with E-state index < -0.39 is 0 Å². The Morgan fingerprint density at radius 3 is 2.53 bits per heavy atom. The van der Waals surface area contributed by atoms with Crippen LogP contribution in [0.4, 0.5) is 0 Å². The van der Waals surface area contributed by atoms with Crippen molar-refractivity contribution in [2.45, 2.75) is 20.3 Å². The van der Waals surface area contributed by atoms with Crippen molar-refractivity contribution in [3.63, 3.8) is 0 Å². The van der Waals surface area contributed by atoms with Gasteiger partial charge in [0.15, 0.2) is 0 Å². The first-order chi connectivity index (χ1) is 7.27. The van der Waals surface area contributed by atoms with Crippen LogP contribution >= 0.6 is 0 Å². The molecular formula is C13H19NO. The van der Waals surface area contributed by atoms with Crippen LogP contribution in [0, 0.1) is 18.3 Å². The van der Waals surface area contributed by atoms with Gasteiger partial charge in [0.2, 0.25) is 0 Å². The molecule has 0 fully saturated rings. The fourth-order valence-electron chi connectivity index (χ4n) is 1.15. The molecule has 0 aliphatic heterocycles. The van der Waals surface area contributed by atoms with Gasteiger partial charge in [0, 0.05) is 12.3 Å². The molecule has 1 aliphatic rings. The average Bonchev–Trinajstić information content (AvgIpc) is 2.46. The van der Waals surface area contributed by atoms with Crippen LogP contribution in [-0.2, 0) is 0 Å². The van der Waals surface area contributed by atoms with Crippen LogP contribution in [0.5, 0.6) is 0 Å². The molecule has 0 bridgehead atoms. The number of rotatable bonds is 2. The number of nitrogens with two attached hydrogens (primary N) is 1. The number of hydrogen-bond acceptors (Lipinski definition) is 2. The molecule has 0 aromatic heterocycles. The Morgan fingerprint density at radius 2 is 2.00 bits per heavy atom. The van der Waals surface area contributed by atoms with Gasteiger partial charge < -0.3 is 10.8 Å². The zero-order chi connectivity index (χ0) is 11.7. The van der Waals surface area contributed by atoms with Crippen LogP contribution in [0.1, 0.15) is 20.3 Å². The second kappa shape index (κ2) is 7.90. The Morgan fingerprint density at radius 1 is 1.40 bits per heavy atom. The highest BCUT2D eigenvalue weighted by molar-refractivity contribution is 5.37. The Hall–Kier alpha value is -1.46. The van der Waals surface area contributed by atoms with Gasteiger partial charge in [-0.05, 0) is 18.1 Å². The van der Waals surface area contributed by atoms with E-state index in [1.165, 1.54) is 0 Å². The van der Waals surface area contributed by atoms with Crippen LogP contribution < -0.4 is 5.73 Å². The Kier molecular flexibility index (Phi) is 7.13. The normalized spacial score (nSPS) is 18.9. The third-order valence-electron chi connectivity index (χ3n) is 1.93. The first-order valence-corrected chi connectivity index (χ1v) is 5.20. The molecule has 1 unspecified atom stereocenters. The molecule has 0 heterocycles. The molecule has 1 atom stereocenters. The molecule has 82 valence electrons. The average molecular weight is 205 g/mol. The lowest BCUT2D eigenvalue weighted by Gasteiger charge is -2.00. The van der Waals surface area contributed by atoms with Crippen LogP contribution in [0.25, 0.3) is 0 Å². The topological polar surface area (TPSA) is 46.2 Å². The molecule has 0 radical (unpaired) electrons. The van der Waals surface area contributed by atoms with Crippen molar-refractivity contribution in [3.8, 4) is 12.3 Å². The molecule has 0 saturated heterocycles. The summed E-state index contributed by atoms with van der Waals surface area (Å²) < 4.78 is 0. The van der Waals surface area contributed by atoms with Crippen molar-refractivity contribution in [1.29, 1.82) is 0 Å². The quantitative estimate of drug-likeness (QED) is 0.677. The van der Waals surface area contributed by atoms with E-state index in [1.54, 1.807) is 6.08 Å². The first-order valence-electron chi connectivity index (χ1n) is 5.20. The standard InChI is InChI=1S/C11H13NO.C2H6/c1-2-9-3-5-10(7-8-13)11(12)6-4-9;1-2/h1,3-6,9,13H,7-8,12H2;1-2H3. The van der Waals surface area contributed by atoms with E-state index in [2.05, 4.69) is 5.92 Å². The van der Waals surface area contributed by atoms with Crippen molar-refractivity contribution in [2.24, 2.45) is 11.7 Å². The number of aliphatic hydroxyl groups is 1. The van der Waals surface area contributed by atoms with Gasteiger partial charge in [-0.15, -0.1) is 6.42 Å². The van der Waals surface area contributed by atoms with Gasteiger partial charge in [0.25, 0.3) is 0 Å². The molecule has 2 heteroatoms. The zero-order valence-corrected chi connectivity index (χ0v) is 9.40. The van der Waals surface area contributed by atoms with Crippen LogP contribution in [0.2, 0.25) is 0 Å². The highest BCUT2D eigenvalue weighted by Gasteiger charge is 2.03. The van der Waals surface area contributed by atoms with Crippen LogP contribution in [-0.4, -0.2) is 11.7 Å². The maximum atomic E-state index is 8.76. The first kappa shape index (κ1) is 13.5. The minimum atomic E-state index is 0.00902. The second-order valence-corrected chi connectivity index (χ2v) is 2.86. The Balaban J connectivity index is 0.000000921. The van der Waals surface area contributed by atoms with E-state index >= 15 is 0 Å². The molecule has 15 heavy (non-hydrogen) atoms. The lowest BCUT2D eigenvalue weighted by atomic mass is 10.1. The Bertz CT molecular complexity index is 305. The van der Waals surface area contributed by atoms with E-state index in [9.17, 15) is 0 Å². The van der Waals surface area contributed by atoms with Gasteiger partial charge in [0.05, 0.1) is 5.92 Å². The van der Waals surface area contributed by atoms with Crippen molar-refractivity contribution in [2.75, 3.05) is 6.61 Å². The fourth-order valence-corrected chi connectivity index (χ4v) is 1.15. The molecule has 3 N–H and O–H groups in total. The number of hydrogen-bond donors (Lipinski definition) is 2. The second-order valence-electron chi connectivity index (χ2n) is 2.86. The fraction of sp³-hybridized carbons (Fsp3) is 0.385. The molecule has 1 aliphatic carbocycles. The van der Waals surface area contributed by atoms with Crippen molar-refractivity contribution >= 4 is 0 Å². The minimum absolute atomic E-state index is 0.00902. The molecule has 0 amide bonds. The molecule has 0 aromatic rings. The summed E-state index contributed by atoms with van der Waals surface area (Å²) in [6.45, 7) is 4.11. The maximum Gasteiger partial charge on any atom is 0.0567 e. The van der Waals surface area contributed by atoms with Crippen molar-refractivity contribution < 1.29 is 5.11 Å². The summed E-state index contributed by atoms with van der Waals surface area (Å²) in [6.07, 6.45) is 13.3. The van der Waals surface area contributed by atoms with Crippen molar-refractivity contribution in [3.05, 3.63) is 35.6 Å². The largest absolute Gasteiger partial charge is 0.399 e. The summed E-state index contributed by atoms with van der Waals surface area (Å²) in [7, 11) is 0. The Labute approximate surface area is 92.2 Å². The molecule has 0 saturated carbocycles. The highest BCUT2D eigenvalue weighted by atomic mass is 16.2. The third-order valence-corrected chi connectivity index (χ3v) is 1.93. The van der Waals surface area contributed by atoms with Crippen molar-refractivity contribution in [1.82, 2.24) is 0 Å². The van der Waals surface area contributed by atoms with Gasteiger partial charge in [-0.2, -0.15) is 0 Å². The van der Waals surface area contributed by atoms with Gasteiger partial charge in [-0.25, -0.2) is 0 Å². The summed E-state index contributed by atoms with van der Waals surface area (Å²) in [5, 5.41) is 8.76. The zero-order valence-electron chi connectivity index (χ0n) is 9.40. The molecule has 2 nitrogen and oxygen atoms in total. The molecule has 0 spiro atoms. The summed E-state index contributed by atoms with van der Waals surface area (Å²) >= 11 is 0. The maximum absolute atomic E-state index is 8.76. The lowest BCUT2D eigenvalue weighted by molar-refractivity contribution is 0.300. The van der Waals surface area contributed by atoms with Gasteiger partial charge in [-0.3, -0.25) is 0 Å². The summed E-state index contributed by atoms with van der Waals surface area (Å²) in [6, 6.07) is 0. The lowest BCUT2D eigenvalue weighted by Crippen LogP contribution is -1.99. The molecule has 0 aromatic carbocycles. The number of aliphatic hydroxyl groups excluding tert-OH is 1. The third kappa shape index (κ3) is 4.53. The monoisotopic (exact) mass is 205 g/mol. The molecule has 1 rings (SSSR count).